The molecule has 0 saturated carbocycles. The van der Waals surface area contributed by atoms with Gasteiger partial charge in [-0.15, -0.1) is 0 Å². The van der Waals surface area contributed by atoms with E-state index in [9.17, 15) is 13.2 Å². The van der Waals surface area contributed by atoms with Gasteiger partial charge in [-0.1, -0.05) is 45.8 Å². The molecule has 25 heavy (non-hydrogen) atoms. The van der Waals surface area contributed by atoms with E-state index in [-0.39, 0.29) is 18.0 Å². The first-order valence-electron chi connectivity index (χ1n) is 7.49. The van der Waals surface area contributed by atoms with Gasteiger partial charge in [0.1, 0.15) is 6.61 Å². The molecule has 8 heteroatoms. The van der Waals surface area contributed by atoms with Crippen molar-refractivity contribution in [1.29, 1.82) is 0 Å². The molecule has 1 saturated heterocycles. The zero-order valence-corrected chi connectivity index (χ0v) is 15.8. The number of cyclic esters (lactones) is 2. The molecule has 2 aromatic rings. The van der Waals surface area contributed by atoms with Crippen molar-refractivity contribution in [1.82, 2.24) is 4.72 Å². The summed E-state index contributed by atoms with van der Waals surface area (Å²) in [7, 11) is -3.74. The first-order chi connectivity index (χ1) is 11.8. The van der Waals surface area contributed by atoms with Crippen molar-refractivity contribution in [3.05, 3.63) is 64.1 Å². The molecule has 0 spiro atoms. The number of nitrogens with one attached hydrogen (secondary N) is 1. The number of carbonyl (C=O) groups excluding carboxylic acids is 1. The van der Waals surface area contributed by atoms with Gasteiger partial charge in [-0.05, 0) is 31.2 Å². The molecule has 1 N–H and O–H groups in total. The van der Waals surface area contributed by atoms with Crippen LogP contribution in [-0.2, 0) is 25.1 Å². The van der Waals surface area contributed by atoms with E-state index in [1.807, 2.05) is 6.92 Å². The number of carbonyl (C=O) groups is 1. The number of sulfonamides is 1. The Morgan fingerprint density at radius 3 is 2.32 bits per heavy atom. The molecule has 0 aromatic heterocycles. The van der Waals surface area contributed by atoms with Gasteiger partial charge >= 0.3 is 6.16 Å². The highest BCUT2D eigenvalue weighted by molar-refractivity contribution is 9.10. The average molecular weight is 426 g/mol. The van der Waals surface area contributed by atoms with Crippen molar-refractivity contribution in [3.8, 4) is 0 Å². The molecule has 3 rings (SSSR count). The Morgan fingerprint density at radius 1 is 1.12 bits per heavy atom. The lowest BCUT2D eigenvalue weighted by molar-refractivity contribution is 0.0582. The fraction of sp³-hybridized carbons (Fsp3) is 0.235. The van der Waals surface area contributed by atoms with Crippen molar-refractivity contribution < 1.29 is 22.7 Å². The Hall–Kier alpha value is -1.90. The second-order valence-electron chi connectivity index (χ2n) is 5.78. The van der Waals surface area contributed by atoms with Crippen LogP contribution in [0.5, 0.6) is 0 Å². The first-order valence-corrected chi connectivity index (χ1v) is 9.77. The maximum Gasteiger partial charge on any atom is 0.509 e. The minimum atomic E-state index is -3.74. The molecule has 1 atom stereocenters. The van der Waals surface area contributed by atoms with Crippen LogP contribution in [0.3, 0.4) is 0 Å². The van der Waals surface area contributed by atoms with Crippen LogP contribution in [0.2, 0.25) is 0 Å². The van der Waals surface area contributed by atoms with Gasteiger partial charge < -0.3 is 9.47 Å². The molecule has 0 bridgehead atoms. The maximum absolute atomic E-state index is 12.5. The number of rotatable bonds is 5. The van der Waals surface area contributed by atoms with Gasteiger partial charge in [0.05, 0.1) is 11.4 Å². The second kappa shape index (κ2) is 6.78. The van der Waals surface area contributed by atoms with Crippen LogP contribution in [0.25, 0.3) is 0 Å². The predicted molar refractivity (Wildman–Crippen MR) is 94.6 cm³/mol. The maximum atomic E-state index is 12.5. The number of hydrogen-bond donors (Lipinski definition) is 1. The second-order valence-corrected chi connectivity index (χ2v) is 8.46. The number of halogens is 1. The SMILES string of the molecule is Cc1ccc(S(=O)(=O)NCC2(c3ccc(Br)cc3)COC(=O)O2)cc1. The topological polar surface area (TPSA) is 81.7 Å². The fourth-order valence-electron chi connectivity index (χ4n) is 2.49. The van der Waals surface area contributed by atoms with E-state index >= 15 is 0 Å². The third kappa shape index (κ3) is 3.86. The lowest BCUT2D eigenvalue weighted by Crippen LogP contribution is -2.42. The van der Waals surface area contributed by atoms with E-state index < -0.39 is 21.8 Å². The standard InChI is InChI=1S/C17H16BrNO5S/c1-12-2-8-15(9-3-12)25(21,22)19-10-17(11-23-16(20)24-17)13-4-6-14(18)7-5-13/h2-9,19H,10-11H2,1H3. The summed E-state index contributed by atoms with van der Waals surface area (Å²) in [6.45, 7) is 1.68. The molecule has 0 radical (unpaired) electrons. The highest BCUT2D eigenvalue weighted by atomic mass is 79.9. The van der Waals surface area contributed by atoms with Crippen LogP contribution < -0.4 is 4.72 Å². The molecule has 1 unspecified atom stereocenters. The predicted octanol–water partition coefficient (Wildman–Crippen LogP) is 3.10. The Bertz CT molecular complexity index is 880. The summed E-state index contributed by atoms with van der Waals surface area (Å²) in [4.78, 5) is 11.6. The van der Waals surface area contributed by atoms with Gasteiger partial charge in [0, 0.05) is 10.0 Å². The molecular weight excluding hydrogens is 410 g/mol. The van der Waals surface area contributed by atoms with Crippen LogP contribution in [0.1, 0.15) is 11.1 Å². The van der Waals surface area contributed by atoms with Gasteiger partial charge in [-0.25, -0.2) is 17.9 Å². The van der Waals surface area contributed by atoms with Crippen molar-refractivity contribution >= 4 is 32.1 Å². The van der Waals surface area contributed by atoms with E-state index in [0.717, 1.165) is 10.0 Å². The number of ether oxygens (including phenoxy) is 2. The van der Waals surface area contributed by atoms with Gasteiger partial charge in [0.15, 0.2) is 5.60 Å². The third-order valence-electron chi connectivity index (χ3n) is 3.95. The average Bonchev–Trinajstić information content (AvgIpc) is 2.97. The fourth-order valence-corrected chi connectivity index (χ4v) is 3.84. The summed E-state index contributed by atoms with van der Waals surface area (Å²) in [5.74, 6) is 0. The van der Waals surface area contributed by atoms with E-state index in [1.54, 1.807) is 36.4 Å². The lowest BCUT2D eigenvalue weighted by Gasteiger charge is -2.25. The van der Waals surface area contributed by atoms with Crippen molar-refractivity contribution in [2.75, 3.05) is 13.2 Å². The highest BCUT2D eigenvalue weighted by Crippen LogP contribution is 2.32. The normalized spacial score (nSPS) is 20.2. The highest BCUT2D eigenvalue weighted by Gasteiger charge is 2.45. The van der Waals surface area contributed by atoms with E-state index in [2.05, 4.69) is 20.7 Å². The number of hydrogen-bond acceptors (Lipinski definition) is 5. The van der Waals surface area contributed by atoms with Gasteiger partial charge in [-0.3, -0.25) is 0 Å². The van der Waals surface area contributed by atoms with Crippen LogP contribution in [0.15, 0.2) is 57.9 Å². The van der Waals surface area contributed by atoms with Crippen molar-refractivity contribution in [3.63, 3.8) is 0 Å². The van der Waals surface area contributed by atoms with Crippen LogP contribution in [0, 0.1) is 6.92 Å². The van der Waals surface area contributed by atoms with E-state index in [4.69, 9.17) is 9.47 Å². The number of aryl methyl sites for hydroxylation is 1. The monoisotopic (exact) mass is 425 g/mol. The number of benzene rings is 2. The summed E-state index contributed by atoms with van der Waals surface area (Å²) >= 11 is 3.34. The molecule has 6 nitrogen and oxygen atoms in total. The van der Waals surface area contributed by atoms with Crippen LogP contribution in [-0.4, -0.2) is 27.7 Å². The molecule has 1 heterocycles. The Morgan fingerprint density at radius 2 is 1.76 bits per heavy atom. The minimum absolute atomic E-state index is 0.0656. The molecule has 0 aliphatic carbocycles. The summed E-state index contributed by atoms with van der Waals surface area (Å²) in [6, 6.07) is 13.6. The lowest BCUT2D eigenvalue weighted by atomic mass is 9.95. The van der Waals surface area contributed by atoms with Gasteiger partial charge in [0.2, 0.25) is 10.0 Å². The van der Waals surface area contributed by atoms with Crippen molar-refractivity contribution in [2.45, 2.75) is 17.4 Å². The molecule has 1 fully saturated rings. The quantitative estimate of drug-likeness (QED) is 0.744. The summed E-state index contributed by atoms with van der Waals surface area (Å²) in [5.41, 5.74) is 0.409. The zero-order valence-electron chi connectivity index (χ0n) is 13.4. The Balaban J connectivity index is 1.85. The summed E-state index contributed by atoms with van der Waals surface area (Å²) < 4.78 is 38.6. The van der Waals surface area contributed by atoms with Gasteiger partial charge in [-0.2, -0.15) is 0 Å². The molecule has 0 amide bonds. The molecular formula is C17H16BrNO5S. The van der Waals surface area contributed by atoms with Crippen LogP contribution in [0.4, 0.5) is 4.79 Å². The van der Waals surface area contributed by atoms with Crippen molar-refractivity contribution in [2.24, 2.45) is 0 Å². The van der Waals surface area contributed by atoms with Crippen LogP contribution >= 0.6 is 15.9 Å². The molecule has 1 aliphatic rings. The summed E-state index contributed by atoms with van der Waals surface area (Å²) in [6.07, 6.45) is -0.822. The smallest absolute Gasteiger partial charge is 0.430 e. The van der Waals surface area contributed by atoms with E-state index in [0.29, 0.717) is 5.56 Å². The minimum Gasteiger partial charge on any atom is -0.430 e. The largest absolute Gasteiger partial charge is 0.509 e. The molecule has 2 aromatic carbocycles. The molecule has 1 aliphatic heterocycles. The Labute approximate surface area is 154 Å². The Kier molecular flexibility index (Phi) is 4.86. The van der Waals surface area contributed by atoms with E-state index in [1.165, 1.54) is 12.1 Å². The van der Waals surface area contributed by atoms with Gasteiger partial charge in [0.25, 0.3) is 0 Å². The first kappa shape index (κ1) is 17.9. The zero-order chi connectivity index (χ0) is 18.1. The molecule has 132 valence electrons. The summed E-state index contributed by atoms with van der Waals surface area (Å²) in [5, 5.41) is 0. The third-order valence-corrected chi connectivity index (χ3v) is 5.90.